The second-order valence-corrected chi connectivity index (χ2v) is 5.59. The van der Waals surface area contributed by atoms with Crippen molar-refractivity contribution in [2.24, 2.45) is 0 Å². The summed E-state index contributed by atoms with van der Waals surface area (Å²) in [6.45, 7) is 1.34. The Labute approximate surface area is 138 Å². The first-order valence-corrected chi connectivity index (χ1v) is 7.70. The van der Waals surface area contributed by atoms with E-state index in [9.17, 15) is 4.79 Å². The molecule has 0 bridgehead atoms. The van der Waals surface area contributed by atoms with Gasteiger partial charge >= 0.3 is 0 Å². The second kappa shape index (κ2) is 7.87. The predicted molar refractivity (Wildman–Crippen MR) is 93.2 cm³/mol. The smallest absolute Gasteiger partial charge is 0.244 e. The van der Waals surface area contributed by atoms with Crippen molar-refractivity contribution in [1.82, 2.24) is 5.32 Å². The largest absolute Gasteiger partial charge is 0.451 e. The van der Waals surface area contributed by atoms with Crippen LogP contribution in [-0.4, -0.2) is 26.0 Å². The normalized spacial score (nSPS) is 10.8. The van der Waals surface area contributed by atoms with Gasteiger partial charge in [-0.3, -0.25) is 4.79 Å². The molecule has 0 spiro atoms. The number of likely N-dealkylation sites (N-methyl/N-ethyl adjacent to an activating group) is 1. The van der Waals surface area contributed by atoms with Crippen LogP contribution < -0.4 is 10.2 Å². The first-order valence-electron chi connectivity index (χ1n) is 6.62. The van der Waals surface area contributed by atoms with Crippen LogP contribution in [0.1, 0.15) is 5.76 Å². The van der Waals surface area contributed by atoms with E-state index in [0.29, 0.717) is 12.3 Å². The highest BCUT2D eigenvalue weighted by Crippen LogP contribution is 2.11. The molecular formula is C16H17IN2O2. The maximum absolute atomic E-state index is 11.7. The lowest BCUT2D eigenvalue weighted by Gasteiger charge is -2.19. The summed E-state index contributed by atoms with van der Waals surface area (Å²) in [5.74, 6) is 0.554. The first kappa shape index (κ1) is 15.6. The van der Waals surface area contributed by atoms with Gasteiger partial charge in [-0.25, -0.2) is 0 Å². The zero-order valence-corrected chi connectivity index (χ0v) is 13.9. The van der Waals surface area contributed by atoms with E-state index in [2.05, 4.69) is 32.8 Å². The number of benzene rings is 1. The molecule has 0 saturated heterocycles. The highest BCUT2D eigenvalue weighted by atomic mass is 127. The molecule has 5 heteroatoms. The molecule has 0 aliphatic rings. The predicted octanol–water partition coefficient (Wildman–Crippen LogP) is 3.15. The van der Waals surface area contributed by atoms with Crippen LogP contribution in [-0.2, 0) is 4.79 Å². The summed E-state index contributed by atoms with van der Waals surface area (Å²) in [5.41, 5.74) is 1.13. The van der Waals surface area contributed by atoms with Gasteiger partial charge in [0.2, 0.25) is 5.91 Å². The fourth-order valence-corrected chi connectivity index (χ4v) is 2.23. The Hall–Kier alpha value is -1.76. The van der Waals surface area contributed by atoms with Crippen LogP contribution in [0.2, 0.25) is 0 Å². The van der Waals surface area contributed by atoms with Gasteiger partial charge in [0.05, 0.1) is 0 Å². The lowest BCUT2D eigenvalue weighted by molar-refractivity contribution is -0.116. The molecular weight excluding hydrogens is 379 g/mol. The molecule has 110 valence electrons. The summed E-state index contributed by atoms with van der Waals surface area (Å²) in [4.78, 5) is 13.8. The summed E-state index contributed by atoms with van der Waals surface area (Å²) in [6, 6.07) is 13.7. The number of halogens is 1. The molecule has 0 unspecified atom stereocenters. The number of carbonyl (C=O) groups is 1. The van der Waals surface area contributed by atoms with Crippen LogP contribution in [0, 0.1) is 3.77 Å². The van der Waals surface area contributed by atoms with Gasteiger partial charge in [0.15, 0.2) is 3.77 Å². The monoisotopic (exact) mass is 396 g/mol. The maximum atomic E-state index is 11.7. The second-order valence-electron chi connectivity index (χ2n) is 4.52. The molecule has 0 atom stereocenters. The number of hydrogen-bond donors (Lipinski definition) is 1. The molecule has 4 nitrogen and oxygen atoms in total. The molecule has 1 amide bonds. The van der Waals surface area contributed by atoms with Crippen molar-refractivity contribution in [2.75, 3.05) is 25.0 Å². The molecule has 1 heterocycles. The average molecular weight is 396 g/mol. The Morgan fingerprint density at radius 2 is 2.05 bits per heavy atom. The number of anilines is 1. The quantitative estimate of drug-likeness (QED) is 0.603. The van der Waals surface area contributed by atoms with Crippen molar-refractivity contribution in [2.45, 2.75) is 0 Å². The Kier molecular flexibility index (Phi) is 5.86. The van der Waals surface area contributed by atoms with E-state index in [4.69, 9.17) is 4.42 Å². The van der Waals surface area contributed by atoms with Crippen molar-refractivity contribution < 1.29 is 9.21 Å². The van der Waals surface area contributed by atoms with Crippen molar-refractivity contribution in [3.63, 3.8) is 0 Å². The van der Waals surface area contributed by atoms with E-state index >= 15 is 0 Å². The van der Waals surface area contributed by atoms with Crippen LogP contribution in [0.25, 0.3) is 6.08 Å². The van der Waals surface area contributed by atoms with Gasteiger partial charge in [-0.2, -0.15) is 0 Å². The molecule has 2 aromatic rings. The maximum Gasteiger partial charge on any atom is 0.244 e. The molecule has 2 rings (SSSR count). The highest BCUT2D eigenvalue weighted by Gasteiger charge is 2.01. The summed E-state index contributed by atoms with van der Waals surface area (Å²) in [6.07, 6.45) is 3.15. The highest BCUT2D eigenvalue weighted by molar-refractivity contribution is 14.1. The van der Waals surface area contributed by atoms with Gasteiger partial charge < -0.3 is 14.6 Å². The van der Waals surface area contributed by atoms with Crippen molar-refractivity contribution >= 4 is 40.3 Å². The zero-order chi connectivity index (χ0) is 15.1. The fraction of sp³-hybridized carbons (Fsp3) is 0.188. The molecule has 1 N–H and O–H groups in total. The third kappa shape index (κ3) is 5.26. The van der Waals surface area contributed by atoms with E-state index in [-0.39, 0.29) is 5.91 Å². The van der Waals surface area contributed by atoms with Gasteiger partial charge in [-0.1, -0.05) is 18.2 Å². The lowest BCUT2D eigenvalue weighted by Crippen LogP contribution is -2.31. The summed E-state index contributed by atoms with van der Waals surface area (Å²) in [5, 5.41) is 2.85. The minimum atomic E-state index is -0.122. The number of furan rings is 1. The number of rotatable bonds is 6. The van der Waals surface area contributed by atoms with Gasteiger partial charge in [-0.05, 0) is 52.9 Å². The van der Waals surface area contributed by atoms with E-state index in [1.807, 2.05) is 49.5 Å². The third-order valence-corrected chi connectivity index (χ3v) is 3.52. The van der Waals surface area contributed by atoms with E-state index in [0.717, 1.165) is 16.0 Å². The Balaban J connectivity index is 1.73. The first-order chi connectivity index (χ1) is 10.1. The number of hydrogen-bond acceptors (Lipinski definition) is 3. The molecule has 1 aromatic heterocycles. The van der Waals surface area contributed by atoms with E-state index < -0.39 is 0 Å². The molecule has 1 aromatic carbocycles. The number of nitrogens with one attached hydrogen (secondary N) is 1. The van der Waals surface area contributed by atoms with Crippen LogP contribution in [0.3, 0.4) is 0 Å². The molecule has 0 fully saturated rings. The molecule has 0 saturated carbocycles. The van der Waals surface area contributed by atoms with Crippen LogP contribution in [0.4, 0.5) is 5.69 Å². The zero-order valence-electron chi connectivity index (χ0n) is 11.8. The standard InChI is InChI=1S/C16H17IN2O2/c1-19(13-5-3-2-4-6-13)12-11-18-16(20)10-8-14-7-9-15(17)21-14/h2-10H,11-12H2,1H3,(H,18,20)/b10-8+. The SMILES string of the molecule is CN(CCNC(=O)/C=C/c1ccc(I)o1)c1ccccc1. The van der Waals surface area contributed by atoms with E-state index in [1.165, 1.54) is 6.08 Å². The Morgan fingerprint density at radius 1 is 1.29 bits per heavy atom. The lowest BCUT2D eigenvalue weighted by atomic mass is 10.3. The summed E-state index contributed by atoms with van der Waals surface area (Å²) in [7, 11) is 2.00. The van der Waals surface area contributed by atoms with Crippen molar-refractivity contribution in [1.29, 1.82) is 0 Å². The number of nitrogens with zero attached hydrogens (tertiary/aromatic N) is 1. The molecule has 0 radical (unpaired) electrons. The number of amides is 1. The van der Waals surface area contributed by atoms with Gasteiger partial charge in [0, 0.05) is 31.9 Å². The summed E-state index contributed by atoms with van der Waals surface area (Å²) >= 11 is 2.09. The third-order valence-electron chi connectivity index (χ3n) is 2.94. The van der Waals surface area contributed by atoms with Crippen molar-refractivity contribution in [3.05, 3.63) is 58.1 Å². The molecule has 0 aliphatic heterocycles. The average Bonchev–Trinajstić information content (AvgIpc) is 2.91. The topological polar surface area (TPSA) is 45.5 Å². The molecule has 0 aliphatic carbocycles. The van der Waals surface area contributed by atoms with Crippen molar-refractivity contribution in [3.8, 4) is 0 Å². The van der Waals surface area contributed by atoms with E-state index in [1.54, 1.807) is 6.08 Å². The fourth-order valence-electron chi connectivity index (χ4n) is 1.79. The van der Waals surface area contributed by atoms with Crippen LogP contribution in [0.5, 0.6) is 0 Å². The molecule has 21 heavy (non-hydrogen) atoms. The minimum absolute atomic E-state index is 0.122. The number of para-hydroxylation sites is 1. The Morgan fingerprint density at radius 3 is 2.71 bits per heavy atom. The number of carbonyl (C=O) groups excluding carboxylic acids is 1. The minimum Gasteiger partial charge on any atom is -0.451 e. The Bertz CT molecular complexity index is 608. The van der Waals surface area contributed by atoms with Crippen LogP contribution in [0.15, 0.2) is 53.0 Å². The van der Waals surface area contributed by atoms with Crippen LogP contribution >= 0.6 is 22.6 Å². The van der Waals surface area contributed by atoms with Gasteiger partial charge in [0.25, 0.3) is 0 Å². The van der Waals surface area contributed by atoms with Gasteiger partial charge in [-0.15, -0.1) is 0 Å². The summed E-state index contributed by atoms with van der Waals surface area (Å²) < 4.78 is 6.15. The van der Waals surface area contributed by atoms with Gasteiger partial charge in [0.1, 0.15) is 5.76 Å².